The van der Waals surface area contributed by atoms with E-state index >= 15 is 0 Å². The fraction of sp³-hybridized carbons (Fsp3) is 0.167. The highest BCUT2D eigenvalue weighted by Gasteiger charge is 2.11. The number of pyridine rings is 1. The summed E-state index contributed by atoms with van der Waals surface area (Å²) in [5, 5.41) is 8.71. The Morgan fingerprint density at radius 3 is 2.66 bits per heavy atom. The Bertz CT molecular complexity index is 1130. The number of thiophene rings is 1. The summed E-state index contributed by atoms with van der Waals surface area (Å²) in [4.78, 5) is 16.4. The minimum atomic E-state index is -0.437. The number of nitrogens with zero attached hydrogens (tertiary/aromatic N) is 1. The van der Waals surface area contributed by atoms with E-state index in [0.29, 0.717) is 5.56 Å². The van der Waals surface area contributed by atoms with Crippen LogP contribution < -0.4 is 11.1 Å². The van der Waals surface area contributed by atoms with E-state index in [4.69, 9.17) is 10.7 Å². The van der Waals surface area contributed by atoms with Crippen LogP contribution in [0.1, 0.15) is 27.0 Å². The van der Waals surface area contributed by atoms with E-state index < -0.39 is 5.91 Å². The van der Waals surface area contributed by atoms with Crippen molar-refractivity contribution in [1.29, 1.82) is 0 Å². The van der Waals surface area contributed by atoms with E-state index in [1.807, 2.05) is 6.07 Å². The van der Waals surface area contributed by atoms with Crippen LogP contribution in [0.2, 0.25) is 0 Å². The number of nitrogens with one attached hydrogen (secondary N) is 1. The number of fused-ring (bicyclic) bond motifs is 1. The first kappa shape index (κ1) is 19.3. The molecule has 0 bridgehead atoms. The quantitative estimate of drug-likeness (QED) is 0.441. The van der Waals surface area contributed by atoms with Crippen molar-refractivity contribution < 1.29 is 4.79 Å². The standard InChI is InChI=1S/C24H23N3OS/c1-16-2-4-17(5-3-16)8-10-26-14-21-12-18-6-7-19(24(25)28)13-22(18)27-23(21)20-9-11-29-15-20/h2-7,9,11-13,15,26H,8,10,14H2,1H3,(H2,25,28). The molecule has 0 spiro atoms. The van der Waals surface area contributed by atoms with Crippen molar-refractivity contribution in [2.24, 2.45) is 5.73 Å². The first-order chi connectivity index (χ1) is 14.1. The maximum atomic E-state index is 11.5. The van der Waals surface area contributed by atoms with Gasteiger partial charge in [-0.1, -0.05) is 35.9 Å². The molecule has 3 N–H and O–H groups in total. The lowest BCUT2D eigenvalue weighted by Crippen LogP contribution is -2.17. The SMILES string of the molecule is Cc1ccc(CCNCc2cc3ccc(C(N)=O)cc3nc2-c2ccsc2)cc1. The summed E-state index contributed by atoms with van der Waals surface area (Å²) in [5.74, 6) is -0.437. The molecule has 0 aliphatic heterocycles. The Labute approximate surface area is 174 Å². The average molecular weight is 402 g/mol. The summed E-state index contributed by atoms with van der Waals surface area (Å²) >= 11 is 1.65. The van der Waals surface area contributed by atoms with Gasteiger partial charge in [-0.05, 0) is 60.7 Å². The summed E-state index contributed by atoms with van der Waals surface area (Å²) < 4.78 is 0. The van der Waals surface area contributed by atoms with Gasteiger partial charge in [0, 0.05) is 28.4 Å². The third kappa shape index (κ3) is 4.53. The molecule has 0 unspecified atom stereocenters. The Kier molecular flexibility index (Phi) is 5.69. The number of rotatable bonds is 7. The van der Waals surface area contributed by atoms with Crippen LogP contribution in [0.3, 0.4) is 0 Å². The van der Waals surface area contributed by atoms with E-state index in [0.717, 1.165) is 47.2 Å². The molecule has 146 valence electrons. The van der Waals surface area contributed by atoms with Gasteiger partial charge in [0.15, 0.2) is 0 Å². The molecule has 2 heterocycles. The topological polar surface area (TPSA) is 68.0 Å². The number of aromatic nitrogens is 1. The van der Waals surface area contributed by atoms with Gasteiger partial charge in [-0.3, -0.25) is 4.79 Å². The minimum Gasteiger partial charge on any atom is -0.366 e. The predicted molar refractivity (Wildman–Crippen MR) is 120 cm³/mol. The molecule has 0 aliphatic rings. The van der Waals surface area contributed by atoms with Crippen molar-refractivity contribution in [3.63, 3.8) is 0 Å². The highest BCUT2D eigenvalue weighted by Crippen LogP contribution is 2.28. The van der Waals surface area contributed by atoms with Gasteiger partial charge in [-0.15, -0.1) is 0 Å². The van der Waals surface area contributed by atoms with Crippen molar-refractivity contribution >= 4 is 28.1 Å². The van der Waals surface area contributed by atoms with Crippen molar-refractivity contribution in [2.75, 3.05) is 6.54 Å². The van der Waals surface area contributed by atoms with Gasteiger partial charge < -0.3 is 11.1 Å². The van der Waals surface area contributed by atoms with Crippen LogP contribution in [-0.2, 0) is 13.0 Å². The zero-order chi connectivity index (χ0) is 20.2. The van der Waals surface area contributed by atoms with Crippen LogP contribution in [0.5, 0.6) is 0 Å². The van der Waals surface area contributed by atoms with Crippen LogP contribution in [0, 0.1) is 6.92 Å². The number of aryl methyl sites for hydroxylation is 1. The molecule has 4 nitrogen and oxygen atoms in total. The number of hydrogen-bond donors (Lipinski definition) is 2. The monoisotopic (exact) mass is 401 g/mol. The third-order valence-corrected chi connectivity index (χ3v) is 5.69. The number of carbonyl (C=O) groups excluding carboxylic acids is 1. The molecule has 1 amide bonds. The molecule has 0 atom stereocenters. The number of hydrogen-bond acceptors (Lipinski definition) is 4. The molecule has 2 aromatic heterocycles. The van der Waals surface area contributed by atoms with Gasteiger partial charge >= 0.3 is 0 Å². The zero-order valence-corrected chi connectivity index (χ0v) is 17.1. The molecule has 4 aromatic rings. The van der Waals surface area contributed by atoms with Crippen molar-refractivity contribution in [1.82, 2.24) is 10.3 Å². The van der Waals surface area contributed by atoms with Crippen LogP contribution >= 0.6 is 11.3 Å². The largest absolute Gasteiger partial charge is 0.366 e. The number of benzene rings is 2. The Morgan fingerprint density at radius 1 is 1.10 bits per heavy atom. The van der Waals surface area contributed by atoms with Crippen molar-refractivity contribution in [3.05, 3.63) is 87.6 Å². The Morgan fingerprint density at radius 2 is 1.93 bits per heavy atom. The maximum Gasteiger partial charge on any atom is 0.248 e. The lowest BCUT2D eigenvalue weighted by atomic mass is 10.0. The van der Waals surface area contributed by atoms with Crippen LogP contribution in [0.4, 0.5) is 0 Å². The zero-order valence-electron chi connectivity index (χ0n) is 16.3. The second kappa shape index (κ2) is 8.55. The van der Waals surface area contributed by atoms with Gasteiger partial charge in [0.1, 0.15) is 0 Å². The second-order valence-corrected chi connectivity index (χ2v) is 7.97. The summed E-state index contributed by atoms with van der Waals surface area (Å²) in [6.07, 6.45) is 0.983. The molecule has 2 aromatic carbocycles. The van der Waals surface area contributed by atoms with E-state index in [1.165, 1.54) is 11.1 Å². The van der Waals surface area contributed by atoms with Crippen LogP contribution in [0.15, 0.2) is 65.4 Å². The van der Waals surface area contributed by atoms with Gasteiger partial charge in [0.2, 0.25) is 5.91 Å². The molecular formula is C24H23N3OS. The summed E-state index contributed by atoms with van der Waals surface area (Å²) in [6, 6.07) is 18.3. The maximum absolute atomic E-state index is 11.5. The highest BCUT2D eigenvalue weighted by atomic mass is 32.1. The lowest BCUT2D eigenvalue weighted by Gasteiger charge is -2.12. The molecule has 29 heavy (non-hydrogen) atoms. The Hall–Kier alpha value is -3.02. The molecule has 5 heteroatoms. The second-order valence-electron chi connectivity index (χ2n) is 7.19. The van der Waals surface area contributed by atoms with E-state index in [9.17, 15) is 4.79 Å². The molecule has 0 fully saturated rings. The Balaban J connectivity index is 1.56. The van der Waals surface area contributed by atoms with E-state index in [2.05, 4.69) is 59.4 Å². The van der Waals surface area contributed by atoms with Gasteiger partial charge in [-0.25, -0.2) is 4.98 Å². The molecule has 0 saturated carbocycles. The van der Waals surface area contributed by atoms with Crippen molar-refractivity contribution in [2.45, 2.75) is 19.9 Å². The number of primary amides is 1. The number of carbonyl (C=O) groups is 1. The van der Waals surface area contributed by atoms with Crippen molar-refractivity contribution in [3.8, 4) is 11.3 Å². The number of amides is 1. The normalized spacial score (nSPS) is 11.1. The van der Waals surface area contributed by atoms with Gasteiger partial charge in [0.25, 0.3) is 0 Å². The average Bonchev–Trinajstić information content (AvgIpc) is 3.26. The first-order valence-electron chi connectivity index (χ1n) is 9.62. The molecular weight excluding hydrogens is 378 g/mol. The summed E-state index contributed by atoms with van der Waals surface area (Å²) in [6.45, 7) is 3.73. The minimum absolute atomic E-state index is 0.437. The molecule has 0 aliphatic carbocycles. The third-order valence-electron chi connectivity index (χ3n) is 5.00. The smallest absolute Gasteiger partial charge is 0.248 e. The fourth-order valence-electron chi connectivity index (χ4n) is 3.36. The van der Waals surface area contributed by atoms with Crippen LogP contribution in [-0.4, -0.2) is 17.4 Å². The molecule has 0 radical (unpaired) electrons. The van der Waals surface area contributed by atoms with Gasteiger partial charge in [0.05, 0.1) is 11.2 Å². The molecule has 4 rings (SSSR count). The first-order valence-corrected chi connectivity index (χ1v) is 10.6. The van der Waals surface area contributed by atoms with Gasteiger partial charge in [-0.2, -0.15) is 11.3 Å². The summed E-state index contributed by atoms with van der Waals surface area (Å²) in [5.41, 5.74) is 12.5. The number of nitrogens with two attached hydrogens (primary N) is 1. The fourth-order valence-corrected chi connectivity index (χ4v) is 4.00. The van der Waals surface area contributed by atoms with E-state index in [1.54, 1.807) is 23.5 Å². The van der Waals surface area contributed by atoms with Crippen LogP contribution in [0.25, 0.3) is 22.2 Å². The highest BCUT2D eigenvalue weighted by molar-refractivity contribution is 7.08. The predicted octanol–water partition coefficient (Wildman–Crippen LogP) is 4.70. The summed E-state index contributed by atoms with van der Waals surface area (Å²) in [7, 11) is 0. The molecule has 0 saturated heterocycles. The van der Waals surface area contributed by atoms with E-state index in [-0.39, 0.29) is 0 Å². The lowest BCUT2D eigenvalue weighted by molar-refractivity contribution is 0.100.